The van der Waals surface area contributed by atoms with Gasteiger partial charge in [0.15, 0.2) is 0 Å². The molecule has 0 bridgehead atoms. The number of rotatable bonds is 1. The summed E-state index contributed by atoms with van der Waals surface area (Å²) in [5.41, 5.74) is 8.62. The largest absolute Gasteiger partial charge is 0.384 e. The molecule has 0 aromatic carbocycles. The molecule has 1 rings (SSSR count). The predicted molar refractivity (Wildman–Crippen MR) is 63.4 cm³/mol. The Hall–Kier alpha value is -1.01. The van der Waals surface area contributed by atoms with Crippen LogP contribution in [0.1, 0.15) is 23.2 Å². The molecular weight excluding hydrogens is 240 g/mol. The summed E-state index contributed by atoms with van der Waals surface area (Å²) in [6.45, 7) is 3.94. The van der Waals surface area contributed by atoms with Crippen LogP contribution in [0, 0.1) is 25.7 Å². The molecule has 14 heavy (non-hydrogen) atoms. The highest BCUT2D eigenvalue weighted by Crippen LogP contribution is 2.13. The number of nitrogens with zero attached hydrogens (tertiary/aromatic N) is 1. The number of aryl methyl sites for hydroxylation is 2. The number of alkyl halides is 1. The van der Waals surface area contributed by atoms with Crippen molar-refractivity contribution in [2.45, 2.75) is 20.3 Å². The summed E-state index contributed by atoms with van der Waals surface area (Å²) in [4.78, 5) is 4.18. The van der Waals surface area contributed by atoms with Gasteiger partial charge in [-0.15, -0.1) is 0 Å². The zero-order valence-corrected chi connectivity index (χ0v) is 9.98. The van der Waals surface area contributed by atoms with Crippen LogP contribution in [-0.2, 0) is 0 Å². The molecule has 3 heteroatoms. The first kappa shape index (κ1) is 11.1. The molecule has 0 unspecified atom stereocenters. The summed E-state index contributed by atoms with van der Waals surface area (Å²) < 4.78 is 0. The second kappa shape index (κ2) is 5.02. The van der Waals surface area contributed by atoms with Crippen LogP contribution in [0.25, 0.3) is 0 Å². The van der Waals surface area contributed by atoms with Crippen molar-refractivity contribution in [2.75, 3.05) is 11.1 Å². The molecule has 2 nitrogen and oxygen atoms in total. The third-order valence-electron chi connectivity index (χ3n) is 1.85. The smallest absolute Gasteiger partial charge is 0.123 e. The van der Waals surface area contributed by atoms with Crippen LogP contribution in [0.5, 0.6) is 0 Å². The van der Waals surface area contributed by atoms with Gasteiger partial charge in [0.1, 0.15) is 5.82 Å². The molecule has 0 atom stereocenters. The zero-order chi connectivity index (χ0) is 10.6. The molecule has 0 amide bonds. The van der Waals surface area contributed by atoms with Crippen molar-refractivity contribution in [2.24, 2.45) is 0 Å². The van der Waals surface area contributed by atoms with Gasteiger partial charge in [0.2, 0.25) is 0 Å². The maximum absolute atomic E-state index is 5.62. The maximum atomic E-state index is 5.62. The summed E-state index contributed by atoms with van der Waals surface area (Å²) in [5.74, 6) is 6.75. The van der Waals surface area contributed by atoms with Crippen LogP contribution < -0.4 is 5.73 Å². The number of hydrogen-bond acceptors (Lipinski definition) is 2. The van der Waals surface area contributed by atoms with Crippen LogP contribution in [0.2, 0.25) is 0 Å². The Balaban J connectivity index is 3.04. The van der Waals surface area contributed by atoms with Crippen molar-refractivity contribution in [1.29, 1.82) is 0 Å². The van der Waals surface area contributed by atoms with E-state index in [2.05, 4.69) is 32.8 Å². The highest BCUT2D eigenvalue weighted by Gasteiger charge is 2.01. The van der Waals surface area contributed by atoms with Crippen molar-refractivity contribution in [3.05, 3.63) is 22.9 Å². The van der Waals surface area contributed by atoms with Gasteiger partial charge >= 0.3 is 0 Å². The predicted octanol–water partition coefficient (Wildman–Crippen LogP) is 2.42. The molecule has 2 N–H and O–H groups in total. The summed E-state index contributed by atoms with van der Waals surface area (Å²) >= 11 is 3.33. The molecule has 0 saturated heterocycles. The lowest BCUT2D eigenvalue weighted by atomic mass is 10.1. The molecule has 0 spiro atoms. The number of pyridine rings is 1. The second-order valence-electron chi connectivity index (χ2n) is 3.07. The first-order chi connectivity index (χ1) is 6.65. The van der Waals surface area contributed by atoms with Gasteiger partial charge in [-0.05, 0) is 25.5 Å². The van der Waals surface area contributed by atoms with Gasteiger partial charge < -0.3 is 5.73 Å². The number of anilines is 1. The number of nitrogens with two attached hydrogens (primary N) is 1. The lowest BCUT2D eigenvalue weighted by Gasteiger charge is -2.03. The van der Waals surface area contributed by atoms with Gasteiger partial charge in [0.25, 0.3) is 0 Å². The van der Waals surface area contributed by atoms with E-state index in [9.17, 15) is 0 Å². The van der Waals surface area contributed by atoms with E-state index in [4.69, 9.17) is 5.73 Å². The van der Waals surface area contributed by atoms with Gasteiger partial charge in [-0.3, -0.25) is 0 Å². The van der Waals surface area contributed by atoms with Crippen LogP contribution >= 0.6 is 15.9 Å². The van der Waals surface area contributed by atoms with Gasteiger partial charge in [0.05, 0.1) is 5.69 Å². The van der Waals surface area contributed by atoms with E-state index < -0.39 is 0 Å². The molecule has 0 radical (unpaired) electrons. The molecule has 0 aliphatic heterocycles. The van der Waals surface area contributed by atoms with Crippen molar-refractivity contribution in [3.8, 4) is 11.8 Å². The van der Waals surface area contributed by atoms with Crippen LogP contribution in [-0.4, -0.2) is 10.3 Å². The Bertz CT molecular complexity index is 365. The molecule has 0 aliphatic rings. The standard InChI is InChI=1S/C11H13BrN2/c1-8-7-11(13)14-9(2)10(8)5-3-4-6-12/h7H,4,6H2,1-2H3,(H2,13,14). The van der Waals surface area contributed by atoms with E-state index in [1.807, 2.05) is 19.9 Å². The monoisotopic (exact) mass is 252 g/mol. The topological polar surface area (TPSA) is 38.9 Å². The Kier molecular flexibility index (Phi) is 3.97. The van der Waals surface area contributed by atoms with Crippen molar-refractivity contribution >= 4 is 21.7 Å². The molecular formula is C11H13BrN2. The minimum Gasteiger partial charge on any atom is -0.384 e. The Morgan fingerprint density at radius 2 is 2.21 bits per heavy atom. The highest BCUT2D eigenvalue weighted by atomic mass is 79.9. The van der Waals surface area contributed by atoms with Crippen molar-refractivity contribution in [1.82, 2.24) is 4.98 Å². The number of aromatic nitrogens is 1. The first-order valence-electron chi connectivity index (χ1n) is 4.43. The Morgan fingerprint density at radius 3 is 2.79 bits per heavy atom. The SMILES string of the molecule is Cc1cc(N)nc(C)c1C#CCCBr. The van der Waals surface area contributed by atoms with E-state index in [1.54, 1.807) is 0 Å². The van der Waals surface area contributed by atoms with Crippen LogP contribution in [0.4, 0.5) is 5.82 Å². The first-order valence-corrected chi connectivity index (χ1v) is 5.56. The van der Waals surface area contributed by atoms with Gasteiger partial charge in [-0.2, -0.15) is 0 Å². The fourth-order valence-corrected chi connectivity index (χ4v) is 1.45. The molecule has 0 aliphatic carbocycles. The molecule has 0 fully saturated rings. The van der Waals surface area contributed by atoms with E-state index in [-0.39, 0.29) is 0 Å². The van der Waals surface area contributed by atoms with E-state index >= 15 is 0 Å². The summed E-state index contributed by atoms with van der Waals surface area (Å²) in [6, 6.07) is 1.85. The van der Waals surface area contributed by atoms with Crippen molar-refractivity contribution in [3.63, 3.8) is 0 Å². The highest BCUT2D eigenvalue weighted by molar-refractivity contribution is 9.09. The number of halogens is 1. The van der Waals surface area contributed by atoms with Crippen molar-refractivity contribution < 1.29 is 0 Å². The lowest BCUT2D eigenvalue weighted by molar-refractivity contribution is 1.17. The molecule has 1 aromatic rings. The van der Waals surface area contributed by atoms with E-state index in [1.165, 1.54) is 0 Å². The molecule has 1 aromatic heterocycles. The third-order valence-corrected chi connectivity index (χ3v) is 2.25. The molecule has 74 valence electrons. The Labute approximate surface area is 93.0 Å². The minimum absolute atomic E-state index is 0.561. The minimum atomic E-state index is 0.561. The average molecular weight is 253 g/mol. The van der Waals surface area contributed by atoms with E-state index in [0.29, 0.717) is 5.82 Å². The fourth-order valence-electron chi connectivity index (χ4n) is 1.25. The zero-order valence-electron chi connectivity index (χ0n) is 8.39. The second-order valence-corrected chi connectivity index (χ2v) is 3.86. The van der Waals surface area contributed by atoms with Crippen LogP contribution in [0.15, 0.2) is 6.07 Å². The molecule has 0 saturated carbocycles. The lowest BCUT2D eigenvalue weighted by Crippen LogP contribution is -1.97. The Morgan fingerprint density at radius 1 is 1.50 bits per heavy atom. The fraction of sp³-hybridized carbons (Fsp3) is 0.364. The van der Waals surface area contributed by atoms with E-state index in [0.717, 1.165) is 28.6 Å². The summed E-state index contributed by atoms with van der Waals surface area (Å²) in [7, 11) is 0. The number of nitrogen functional groups attached to an aromatic ring is 1. The third kappa shape index (κ3) is 2.74. The van der Waals surface area contributed by atoms with Crippen LogP contribution in [0.3, 0.4) is 0 Å². The molecule has 1 heterocycles. The number of hydrogen-bond donors (Lipinski definition) is 1. The summed E-state index contributed by atoms with van der Waals surface area (Å²) in [6.07, 6.45) is 0.850. The normalized spacial score (nSPS) is 9.36. The van der Waals surface area contributed by atoms with Gasteiger partial charge in [0, 0.05) is 17.3 Å². The average Bonchev–Trinajstić information content (AvgIpc) is 2.09. The van der Waals surface area contributed by atoms with Gasteiger partial charge in [-0.25, -0.2) is 4.98 Å². The van der Waals surface area contributed by atoms with Gasteiger partial charge in [-0.1, -0.05) is 27.8 Å². The summed E-state index contributed by atoms with van der Waals surface area (Å²) in [5, 5.41) is 0.903. The quantitative estimate of drug-likeness (QED) is 0.616. The maximum Gasteiger partial charge on any atom is 0.123 e.